The Labute approximate surface area is 193 Å². The van der Waals surface area contributed by atoms with Crippen LogP contribution in [0.4, 0.5) is 11.7 Å². The van der Waals surface area contributed by atoms with Gasteiger partial charge in [0.15, 0.2) is 0 Å². The van der Waals surface area contributed by atoms with Crippen LogP contribution in [0.25, 0.3) is 11.5 Å². The molecule has 1 aromatic heterocycles. The molecule has 0 bridgehead atoms. The van der Waals surface area contributed by atoms with Gasteiger partial charge in [0.1, 0.15) is 0 Å². The van der Waals surface area contributed by atoms with E-state index in [2.05, 4.69) is 20.2 Å². The van der Waals surface area contributed by atoms with E-state index in [-0.39, 0.29) is 28.1 Å². The molecule has 4 aromatic rings. The molecule has 0 aliphatic rings. The first-order chi connectivity index (χ1) is 15.3. The minimum atomic E-state index is -3.95. The molecule has 8 nitrogen and oxygen atoms in total. The van der Waals surface area contributed by atoms with Gasteiger partial charge in [0, 0.05) is 15.6 Å². The van der Waals surface area contributed by atoms with Gasteiger partial charge in [-0.05, 0) is 60.7 Å². The standard InChI is InChI=1S/C21H14Cl2N4O4S/c22-14-7-5-13(6-8-14)20-25-26-21(31-20)24-19(28)17-3-1-2-4-18(17)27-32(29,30)16-11-9-15(23)10-12-16/h1-12,27H,(H,24,26,28). The van der Waals surface area contributed by atoms with Crippen molar-refractivity contribution in [1.29, 1.82) is 0 Å². The molecule has 2 N–H and O–H groups in total. The van der Waals surface area contributed by atoms with E-state index in [9.17, 15) is 13.2 Å². The molecule has 0 unspecified atom stereocenters. The van der Waals surface area contributed by atoms with Gasteiger partial charge in [-0.25, -0.2) is 8.42 Å². The highest BCUT2D eigenvalue weighted by Crippen LogP contribution is 2.24. The Morgan fingerprint density at radius 2 is 1.47 bits per heavy atom. The Balaban J connectivity index is 1.54. The van der Waals surface area contributed by atoms with Crippen LogP contribution < -0.4 is 10.0 Å². The van der Waals surface area contributed by atoms with Crippen molar-refractivity contribution in [2.75, 3.05) is 10.0 Å². The Morgan fingerprint density at radius 1 is 0.844 bits per heavy atom. The van der Waals surface area contributed by atoms with Crippen molar-refractivity contribution in [2.24, 2.45) is 0 Å². The van der Waals surface area contributed by atoms with Crippen molar-refractivity contribution in [3.63, 3.8) is 0 Å². The molecular weight excluding hydrogens is 475 g/mol. The van der Waals surface area contributed by atoms with Crippen LogP contribution in [0.5, 0.6) is 0 Å². The van der Waals surface area contributed by atoms with E-state index in [1.807, 2.05) is 0 Å². The van der Waals surface area contributed by atoms with Crippen molar-refractivity contribution in [1.82, 2.24) is 10.2 Å². The number of para-hydroxylation sites is 1. The summed E-state index contributed by atoms with van der Waals surface area (Å²) in [5, 5.41) is 11.1. The molecule has 1 heterocycles. The van der Waals surface area contributed by atoms with Crippen molar-refractivity contribution >= 4 is 50.8 Å². The van der Waals surface area contributed by atoms with Gasteiger partial charge >= 0.3 is 6.01 Å². The van der Waals surface area contributed by atoms with Gasteiger partial charge in [0.05, 0.1) is 16.1 Å². The lowest BCUT2D eigenvalue weighted by Crippen LogP contribution is -2.18. The summed E-state index contributed by atoms with van der Waals surface area (Å²) in [7, 11) is -3.95. The number of carbonyl (C=O) groups excluding carboxylic acids is 1. The molecule has 4 rings (SSSR count). The van der Waals surface area contributed by atoms with E-state index in [0.29, 0.717) is 15.6 Å². The molecule has 0 aliphatic heterocycles. The summed E-state index contributed by atoms with van der Waals surface area (Å²) < 4.78 is 33.3. The molecule has 0 saturated carbocycles. The van der Waals surface area contributed by atoms with Crippen molar-refractivity contribution in [3.05, 3.63) is 88.4 Å². The monoisotopic (exact) mass is 488 g/mol. The largest absolute Gasteiger partial charge is 0.403 e. The first-order valence-electron chi connectivity index (χ1n) is 9.10. The Kier molecular flexibility index (Phi) is 6.13. The number of sulfonamides is 1. The molecule has 0 radical (unpaired) electrons. The maximum atomic E-state index is 12.8. The predicted molar refractivity (Wildman–Crippen MR) is 121 cm³/mol. The van der Waals surface area contributed by atoms with Gasteiger partial charge < -0.3 is 4.42 Å². The second-order valence-corrected chi connectivity index (χ2v) is 9.03. The molecule has 0 fully saturated rings. The fourth-order valence-corrected chi connectivity index (χ4v) is 4.07. The van der Waals surface area contributed by atoms with Gasteiger partial charge in [-0.3, -0.25) is 14.8 Å². The van der Waals surface area contributed by atoms with E-state index in [0.717, 1.165) is 0 Å². The van der Waals surface area contributed by atoms with E-state index < -0.39 is 15.9 Å². The minimum Gasteiger partial charge on any atom is -0.403 e. The summed E-state index contributed by atoms with van der Waals surface area (Å²) in [6, 6.07) is 18.4. The predicted octanol–water partition coefficient (Wildman–Crippen LogP) is 5.10. The van der Waals surface area contributed by atoms with Crippen LogP contribution in [0.1, 0.15) is 10.4 Å². The molecule has 162 valence electrons. The van der Waals surface area contributed by atoms with E-state index in [1.54, 1.807) is 36.4 Å². The number of nitrogens with one attached hydrogen (secondary N) is 2. The lowest BCUT2D eigenvalue weighted by atomic mass is 10.2. The highest BCUT2D eigenvalue weighted by atomic mass is 35.5. The second kappa shape index (κ2) is 8.99. The Hall–Kier alpha value is -3.40. The highest BCUT2D eigenvalue weighted by molar-refractivity contribution is 7.92. The molecular formula is C21H14Cl2N4O4S. The molecule has 3 aromatic carbocycles. The van der Waals surface area contributed by atoms with Crippen molar-refractivity contribution in [3.8, 4) is 11.5 Å². The van der Waals surface area contributed by atoms with E-state index in [1.165, 1.54) is 36.4 Å². The zero-order valence-corrected chi connectivity index (χ0v) is 18.4. The van der Waals surface area contributed by atoms with Crippen LogP contribution in [0, 0.1) is 0 Å². The van der Waals surface area contributed by atoms with Crippen LogP contribution in [0.2, 0.25) is 10.0 Å². The minimum absolute atomic E-state index is 0.00150. The van der Waals surface area contributed by atoms with Crippen LogP contribution in [-0.2, 0) is 10.0 Å². The molecule has 0 saturated heterocycles. The number of aromatic nitrogens is 2. The molecule has 11 heteroatoms. The summed E-state index contributed by atoms with van der Waals surface area (Å²) in [4.78, 5) is 12.8. The Bertz CT molecular complexity index is 1370. The van der Waals surface area contributed by atoms with Crippen LogP contribution in [-0.4, -0.2) is 24.5 Å². The molecule has 32 heavy (non-hydrogen) atoms. The fraction of sp³-hybridized carbons (Fsp3) is 0. The average Bonchev–Trinajstić information content (AvgIpc) is 3.23. The smallest absolute Gasteiger partial charge is 0.322 e. The SMILES string of the molecule is O=C(Nc1nnc(-c2ccc(Cl)cc2)o1)c1ccccc1NS(=O)(=O)c1ccc(Cl)cc1. The van der Waals surface area contributed by atoms with E-state index in [4.69, 9.17) is 27.6 Å². The lowest BCUT2D eigenvalue weighted by molar-refractivity contribution is 0.102. The van der Waals surface area contributed by atoms with Gasteiger partial charge in [0.2, 0.25) is 5.89 Å². The first-order valence-corrected chi connectivity index (χ1v) is 11.3. The third-order valence-electron chi connectivity index (χ3n) is 4.28. The maximum absolute atomic E-state index is 12.8. The number of nitrogens with zero attached hydrogens (tertiary/aromatic N) is 2. The van der Waals surface area contributed by atoms with Gasteiger partial charge in [-0.15, -0.1) is 5.10 Å². The summed E-state index contributed by atoms with van der Waals surface area (Å²) in [6.45, 7) is 0. The fourth-order valence-electron chi connectivity index (χ4n) is 2.73. The summed E-state index contributed by atoms with van der Waals surface area (Å²) >= 11 is 11.7. The highest BCUT2D eigenvalue weighted by Gasteiger charge is 2.20. The molecule has 1 amide bonds. The van der Waals surface area contributed by atoms with Crippen molar-refractivity contribution < 1.29 is 17.6 Å². The molecule has 0 atom stereocenters. The molecule has 0 spiro atoms. The zero-order chi connectivity index (χ0) is 22.7. The third-order valence-corrected chi connectivity index (χ3v) is 6.16. The summed E-state index contributed by atoms with van der Waals surface area (Å²) in [5.74, 6) is -0.445. The third kappa shape index (κ3) is 4.91. The lowest BCUT2D eigenvalue weighted by Gasteiger charge is -2.12. The van der Waals surface area contributed by atoms with Gasteiger partial charge in [0.25, 0.3) is 15.9 Å². The van der Waals surface area contributed by atoms with Crippen molar-refractivity contribution in [2.45, 2.75) is 4.90 Å². The number of hydrogen-bond acceptors (Lipinski definition) is 6. The first kappa shape index (κ1) is 21.8. The van der Waals surface area contributed by atoms with Crippen LogP contribution >= 0.6 is 23.2 Å². The van der Waals surface area contributed by atoms with Crippen LogP contribution in [0.15, 0.2) is 82.1 Å². The van der Waals surface area contributed by atoms with Gasteiger partial charge in [-0.1, -0.05) is 40.4 Å². The second-order valence-electron chi connectivity index (χ2n) is 6.48. The number of hydrogen-bond donors (Lipinski definition) is 2. The normalized spacial score (nSPS) is 11.2. The number of halogens is 2. The number of anilines is 2. The number of rotatable bonds is 6. The quantitative estimate of drug-likeness (QED) is 0.390. The number of amides is 1. The number of carbonyl (C=O) groups is 1. The van der Waals surface area contributed by atoms with Crippen LogP contribution in [0.3, 0.4) is 0 Å². The topological polar surface area (TPSA) is 114 Å². The summed E-state index contributed by atoms with van der Waals surface area (Å²) in [6.07, 6.45) is 0. The Morgan fingerprint density at radius 3 is 2.16 bits per heavy atom. The van der Waals surface area contributed by atoms with E-state index >= 15 is 0 Å². The zero-order valence-electron chi connectivity index (χ0n) is 16.1. The maximum Gasteiger partial charge on any atom is 0.322 e. The summed E-state index contributed by atoms with van der Waals surface area (Å²) in [5.41, 5.74) is 0.771. The number of benzene rings is 3. The molecule has 0 aliphatic carbocycles. The van der Waals surface area contributed by atoms with Gasteiger partial charge in [-0.2, -0.15) is 0 Å². The average molecular weight is 489 g/mol.